The fourth-order valence-electron chi connectivity index (χ4n) is 1.51. The van der Waals surface area contributed by atoms with Gasteiger partial charge in [-0.1, -0.05) is 6.07 Å². The number of aryl methyl sites for hydroxylation is 1. The Morgan fingerprint density at radius 3 is 2.35 bits per heavy atom. The molecule has 0 radical (unpaired) electrons. The van der Waals surface area contributed by atoms with Gasteiger partial charge >= 0.3 is 0 Å². The van der Waals surface area contributed by atoms with Crippen molar-refractivity contribution in [1.82, 2.24) is 9.29 Å². The Bertz CT molecular complexity index is 359. The van der Waals surface area contributed by atoms with Crippen LogP contribution in [0.4, 0.5) is 0 Å². The summed E-state index contributed by atoms with van der Waals surface area (Å²) >= 11 is -1.01. The van der Waals surface area contributed by atoms with Gasteiger partial charge in [-0.25, -0.2) is 0 Å². The van der Waals surface area contributed by atoms with Gasteiger partial charge in [0.15, 0.2) is 0 Å². The molecule has 0 aliphatic rings. The molecule has 0 saturated carbocycles. The molecule has 0 spiro atoms. The molecule has 0 amide bonds. The van der Waals surface area contributed by atoms with E-state index >= 15 is 0 Å². The predicted molar refractivity (Wildman–Crippen MR) is 73.0 cm³/mol. The smallest absolute Gasteiger partial charge is 0.137 e. The molecular formula is C13H22N2OS. The molecule has 96 valence electrons. The van der Waals surface area contributed by atoms with Crippen LogP contribution < -0.4 is 0 Å². The monoisotopic (exact) mass is 254 g/mol. The van der Waals surface area contributed by atoms with E-state index in [4.69, 9.17) is 0 Å². The summed E-state index contributed by atoms with van der Waals surface area (Å²) < 4.78 is 13.9. The van der Waals surface area contributed by atoms with E-state index in [1.165, 1.54) is 0 Å². The molecule has 2 atom stereocenters. The third-order valence-electron chi connectivity index (χ3n) is 2.75. The maximum absolute atomic E-state index is 12.3. The van der Waals surface area contributed by atoms with Crippen molar-refractivity contribution in [3.63, 3.8) is 0 Å². The molecule has 1 rings (SSSR count). The Morgan fingerprint density at radius 2 is 1.94 bits per heavy atom. The highest BCUT2D eigenvalue weighted by atomic mass is 32.2. The van der Waals surface area contributed by atoms with Gasteiger partial charge in [0.05, 0.1) is 6.04 Å². The molecule has 1 heterocycles. The Kier molecular flexibility index (Phi) is 4.58. The van der Waals surface area contributed by atoms with E-state index in [9.17, 15) is 4.55 Å². The maximum atomic E-state index is 12.3. The number of aromatic nitrogens is 1. The minimum absolute atomic E-state index is 0.100. The summed E-state index contributed by atoms with van der Waals surface area (Å²) in [6.45, 7) is 9.97. The molecule has 0 N–H and O–H groups in total. The van der Waals surface area contributed by atoms with E-state index < -0.39 is 11.4 Å². The first-order chi connectivity index (χ1) is 7.73. The molecule has 17 heavy (non-hydrogen) atoms. The van der Waals surface area contributed by atoms with Gasteiger partial charge in [-0.15, -0.1) is 4.31 Å². The Labute approximate surface area is 108 Å². The normalized spacial score (nSPS) is 16.0. The topological polar surface area (TPSA) is 39.2 Å². The van der Waals surface area contributed by atoms with Gasteiger partial charge in [-0.3, -0.25) is 4.98 Å². The van der Waals surface area contributed by atoms with E-state index in [1.807, 2.05) is 57.4 Å². The molecule has 0 saturated heterocycles. The van der Waals surface area contributed by atoms with Crippen LogP contribution in [0.3, 0.4) is 0 Å². The summed E-state index contributed by atoms with van der Waals surface area (Å²) in [5, 5.41) is 0. The summed E-state index contributed by atoms with van der Waals surface area (Å²) in [5.41, 5.74) is 2.09. The summed E-state index contributed by atoms with van der Waals surface area (Å²) in [7, 11) is 1.89. The highest BCUT2D eigenvalue weighted by molar-refractivity contribution is 7.90. The van der Waals surface area contributed by atoms with Crippen LogP contribution in [0, 0.1) is 6.92 Å². The van der Waals surface area contributed by atoms with Crippen molar-refractivity contribution in [2.24, 2.45) is 0 Å². The van der Waals surface area contributed by atoms with Gasteiger partial charge in [0, 0.05) is 30.3 Å². The van der Waals surface area contributed by atoms with Crippen molar-refractivity contribution in [1.29, 1.82) is 0 Å². The lowest BCUT2D eigenvalue weighted by atomic mass is 10.1. The minimum Gasteiger partial charge on any atom is -0.597 e. The van der Waals surface area contributed by atoms with Crippen LogP contribution in [0.5, 0.6) is 0 Å². The maximum Gasteiger partial charge on any atom is 0.137 e. The van der Waals surface area contributed by atoms with Crippen molar-refractivity contribution in [3.05, 3.63) is 29.6 Å². The van der Waals surface area contributed by atoms with E-state index in [0.717, 1.165) is 11.3 Å². The van der Waals surface area contributed by atoms with E-state index in [2.05, 4.69) is 11.9 Å². The van der Waals surface area contributed by atoms with Crippen LogP contribution in [0.15, 0.2) is 18.3 Å². The summed E-state index contributed by atoms with van der Waals surface area (Å²) in [6.07, 6.45) is 1.86. The number of nitrogens with zero attached hydrogens (tertiary/aromatic N) is 2. The summed E-state index contributed by atoms with van der Waals surface area (Å²) in [4.78, 5) is 4.28. The van der Waals surface area contributed by atoms with Crippen molar-refractivity contribution in [2.75, 3.05) is 7.05 Å². The number of rotatable bonds is 3. The SMILES string of the molecule is Cc1ccc(C(C)N(C)[S+]([O-])C(C)(C)C)cn1. The fraction of sp³-hybridized carbons (Fsp3) is 0.615. The lowest BCUT2D eigenvalue weighted by Gasteiger charge is -2.33. The Hall–Kier alpha value is -0.580. The third-order valence-corrected chi connectivity index (χ3v) is 4.63. The molecule has 0 aromatic carbocycles. The summed E-state index contributed by atoms with van der Waals surface area (Å²) in [5.74, 6) is 0. The molecule has 0 aliphatic heterocycles. The fourth-order valence-corrected chi connectivity index (χ4v) is 2.78. The van der Waals surface area contributed by atoms with Crippen LogP contribution in [0.2, 0.25) is 0 Å². The van der Waals surface area contributed by atoms with Crippen molar-refractivity contribution < 1.29 is 4.55 Å². The molecule has 1 aromatic rings. The molecule has 2 unspecified atom stereocenters. The van der Waals surface area contributed by atoms with Crippen LogP contribution in [0.1, 0.15) is 45.0 Å². The number of pyridine rings is 1. The van der Waals surface area contributed by atoms with Crippen LogP contribution in [-0.4, -0.2) is 25.6 Å². The largest absolute Gasteiger partial charge is 0.597 e. The molecule has 0 fully saturated rings. The van der Waals surface area contributed by atoms with Gasteiger partial charge < -0.3 is 4.55 Å². The van der Waals surface area contributed by atoms with Gasteiger partial charge in [0.1, 0.15) is 4.75 Å². The van der Waals surface area contributed by atoms with Gasteiger partial charge in [-0.05, 0) is 46.2 Å². The molecule has 0 aliphatic carbocycles. The van der Waals surface area contributed by atoms with E-state index in [0.29, 0.717) is 0 Å². The van der Waals surface area contributed by atoms with Crippen molar-refractivity contribution in [2.45, 2.75) is 45.4 Å². The first-order valence-electron chi connectivity index (χ1n) is 5.81. The first kappa shape index (κ1) is 14.5. The Balaban J connectivity index is 2.83. The lowest BCUT2D eigenvalue weighted by Crippen LogP contribution is -2.41. The van der Waals surface area contributed by atoms with E-state index in [-0.39, 0.29) is 10.8 Å². The van der Waals surface area contributed by atoms with E-state index in [1.54, 1.807) is 0 Å². The van der Waals surface area contributed by atoms with Crippen LogP contribution in [0.25, 0.3) is 0 Å². The highest BCUT2D eigenvalue weighted by Crippen LogP contribution is 2.27. The zero-order valence-electron chi connectivity index (χ0n) is 11.5. The lowest BCUT2D eigenvalue weighted by molar-refractivity contribution is 0.382. The minimum atomic E-state index is -1.01. The zero-order chi connectivity index (χ0) is 13.2. The average molecular weight is 254 g/mol. The summed E-state index contributed by atoms with van der Waals surface area (Å²) in [6, 6.07) is 4.13. The second-order valence-electron chi connectivity index (χ2n) is 5.32. The molecular weight excluding hydrogens is 232 g/mol. The number of hydrogen-bond donors (Lipinski definition) is 0. The van der Waals surface area contributed by atoms with Crippen LogP contribution >= 0.6 is 0 Å². The second-order valence-corrected chi connectivity index (χ2v) is 7.62. The van der Waals surface area contributed by atoms with Crippen molar-refractivity contribution >= 4 is 11.4 Å². The molecule has 0 bridgehead atoms. The number of hydrogen-bond acceptors (Lipinski definition) is 3. The molecule has 3 nitrogen and oxygen atoms in total. The quantitative estimate of drug-likeness (QED) is 0.779. The predicted octanol–water partition coefficient (Wildman–Crippen LogP) is 2.85. The van der Waals surface area contributed by atoms with Crippen LogP contribution in [-0.2, 0) is 11.4 Å². The van der Waals surface area contributed by atoms with Gasteiger partial charge in [0.25, 0.3) is 0 Å². The highest BCUT2D eigenvalue weighted by Gasteiger charge is 2.33. The second kappa shape index (κ2) is 5.38. The van der Waals surface area contributed by atoms with Gasteiger partial charge in [0.2, 0.25) is 0 Å². The average Bonchev–Trinajstić information content (AvgIpc) is 2.26. The molecule has 4 heteroatoms. The standard InChI is InChI=1S/C13H22N2OS/c1-10-7-8-12(9-14-10)11(2)15(6)17(16)13(3,4)5/h7-9,11H,1-6H3. The zero-order valence-corrected chi connectivity index (χ0v) is 12.3. The van der Waals surface area contributed by atoms with Crippen molar-refractivity contribution in [3.8, 4) is 0 Å². The third kappa shape index (κ3) is 3.69. The Morgan fingerprint density at radius 1 is 1.35 bits per heavy atom. The van der Waals surface area contributed by atoms with Gasteiger partial charge in [-0.2, -0.15) is 0 Å². The molecule has 1 aromatic heterocycles. The first-order valence-corrected chi connectivity index (χ1v) is 6.91.